The Morgan fingerprint density at radius 1 is 1.40 bits per heavy atom. The molecule has 2 aromatic heterocycles. The second-order valence-corrected chi connectivity index (χ2v) is 5.54. The number of carboxylic acids is 1. The predicted molar refractivity (Wildman–Crippen MR) is 72.1 cm³/mol. The summed E-state index contributed by atoms with van der Waals surface area (Å²) in [4.78, 5) is 12.2. The van der Waals surface area contributed by atoms with Gasteiger partial charge in [0.05, 0.1) is 17.7 Å². The maximum atomic E-state index is 11.4. The van der Waals surface area contributed by atoms with Gasteiger partial charge in [0.25, 0.3) is 0 Å². The maximum absolute atomic E-state index is 11.4. The first-order valence-electron chi connectivity index (χ1n) is 6.33. The van der Waals surface area contributed by atoms with E-state index in [0.29, 0.717) is 12.2 Å². The van der Waals surface area contributed by atoms with Crippen molar-refractivity contribution in [2.75, 3.05) is 0 Å². The topological polar surface area (TPSA) is 107 Å². The van der Waals surface area contributed by atoms with Crippen LogP contribution < -0.4 is 0 Å². The summed E-state index contributed by atoms with van der Waals surface area (Å²) in [6.07, 6.45) is 1.21. The van der Waals surface area contributed by atoms with Gasteiger partial charge < -0.3 is 5.11 Å². The summed E-state index contributed by atoms with van der Waals surface area (Å²) in [6, 6.07) is 0. The first-order chi connectivity index (χ1) is 9.51. The summed E-state index contributed by atoms with van der Waals surface area (Å²) in [6.45, 7) is 5.71. The third-order valence-corrected chi connectivity index (χ3v) is 4.19. The van der Waals surface area contributed by atoms with Gasteiger partial charge in [-0.1, -0.05) is 18.3 Å². The molecule has 0 aliphatic rings. The molecule has 0 amide bonds. The maximum Gasteiger partial charge on any atom is 0.311 e. The first kappa shape index (κ1) is 14.5. The lowest BCUT2D eigenvalue weighted by Crippen LogP contribution is -2.32. The quantitative estimate of drug-likeness (QED) is 0.854. The Hall–Kier alpha value is -1.90. The monoisotopic (exact) mass is 296 g/mol. The lowest BCUT2D eigenvalue weighted by molar-refractivity contribution is -0.149. The summed E-state index contributed by atoms with van der Waals surface area (Å²) in [7, 11) is 0. The van der Waals surface area contributed by atoms with Crippen LogP contribution in [0.2, 0.25) is 0 Å². The molecule has 8 nitrogen and oxygen atoms in total. The minimum absolute atomic E-state index is 0.211. The van der Waals surface area contributed by atoms with E-state index in [2.05, 4.69) is 25.1 Å². The highest BCUT2D eigenvalue weighted by Crippen LogP contribution is 2.28. The van der Waals surface area contributed by atoms with E-state index in [1.807, 2.05) is 13.8 Å². The van der Waals surface area contributed by atoms with Crippen LogP contribution in [-0.4, -0.2) is 40.9 Å². The molecule has 0 radical (unpaired) electrons. The van der Waals surface area contributed by atoms with E-state index in [9.17, 15) is 9.90 Å². The van der Waals surface area contributed by atoms with E-state index in [0.717, 1.165) is 17.0 Å². The molecule has 0 spiro atoms. The Morgan fingerprint density at radius 2 is 2.15 bits per heavy atom. The zero-order valence-electron chi connectivity index (χ0n) is 11.6. The molecule has 0 fully saturated rings. The van der Waals surface area contributed by atoms with Crippen molar-refractivity contribution in [3.63, 3.8) is 0 Å². The zero-order valence-corrected chi connectivity index (χ0v) is 12.4. The standard InChI is InChI=1S/C11H16N6O2S/c1-4-7-8(20-16-12-7)9-13-14-15-17(9)6-11(3,5-2)10(18)19/h4-6H2,1-3H3,(H,18,19). The van der Waals surface area contributed by atoms with Crippen molar-refractivity contribution in [1.82, 2.24) is 29.8 Å². The average Bonchev–Trinajstić information content (AvgIpc) is 3.05. The van der Waals surface area contributed by atoms with Crippen LogP contribution in [0.4, 0.5) is 0 Å². The van der Waals surface area contributed by atoms with Crippen LogP contribution in [0.15, 0.2) is 0 Å². The number of aliphatic carboxylic acids is 1. The number of nitrogens with zero attached hydrogens (tertiary/aromatic N) is 6. The number of rotatable bonds is 6. The lowest BCUT2D eigenvalue weighted by Gasteiger charge is -2.22. The second kappa shape index (κ2) is 5.61. The van der Waals surface area contributed by atoms with E-state index in [-0.39, 0.29) is 6.54 Å². The van der Waals surface area contributed by atoms with Crippen LogP contribution in [0.25, 0.3) is 10.7 Å². The smallest absolute Gasteiger partial charge is 0.311 e. The van der Waals surface area contributed by atoms with Gasteiger partial charge in [-0.25, -0.2) is 4.68 Å². The van der Waals surface area contributed by atoms with Gasteiger partial charge in [0.15, 0.2) is 5.82 Å². The summed E-state index contributed by atoms with van der Waals surface area (Å²) < 4.78 is 5.43. The van der Waals surface area contributed by atoms with Crippen LogP contribution in [-0.2, 0) is 17.8 Å². The molecule has 2 rings (SSSR count). The van der Waals surface area contributed by atoms with Gasteiger partial charge >= 0.3 is 5.97 Å². The number of carboxylic acid groups (broad SMARTS) is 1. The fourth-order valence-electron chi connectivity index (χ4n) is 1.74. The van der Waals surface area contributed by atoms with Crippen molar-refractivity contribution < 1.29 is 9.90 Å². The molecule has 0 saturated heterocycles. The molecule has 0 saturated carbocycles. The van der Waals surface area contributed by atoms with Crippen molar-refractivity contribution in [1.29, 1.82) is 0 Å². The number of tetrazole rings is 1. The minimum atomic E-state index is -0.908. The van der Waals surface area contributed by atoms with Gasteiger partial charge in [-0.2, -0.15) is 0 Å². The highest BCUT2D eigenvalue weighted by Gasteiger charge is 2.33. The normalized spacial score (nSPS) is 14.2. The molecule has 1 atom stereocenters. The van der Waals surface area contributed by atoms with Gasteiger partial charge in [-0.3, -0.25) is 4.79 Å². The molecule has 9 heteroatoms. The van der Waals surface area contributed by atoms with Gasteiger partial charge in [0, 0.05) is 0 Å². The van der Waals surface area contributed by atoms with Gasteiger partial charge in [-0.05, 0) is 41.7 Å². The number of aryl methyl sites for hydroxylation is 1. The molecule has 0 aromatic carbocycles. The number of carbonyl (C=O) groups is 1. The predicted octanol–water partition coefficient (Wildman–Crippen LogP) is 1.25. The summed E-state index contributed by atoms with van der Waals surface area (Å²) in [5.74, 6) is -0.336. The molecular weight excluding hydrogens is 280 g/mol. The number of aromatic nitrogens is 6. The molecular formula is C11H16N6O2S. The van der Waals surface area contributed by atoms with Gasteiger partial charge in [0.1, 0.15) is 4.88 Å². The van der Waals surface area contributed by atoms with Gasteiger partial charge in [-0.15, -0.1) is 10.2 Å². The van der Waals surface area contributed by atoms with E-state index in [4.69, 9.17) is 0 Å². The van der Waals surface area contributed by atoms with E-state index >= 15 is 0 Å². The van der Waals surface area contributed by atoms with E-state index in [1.54, 1.807) is 6.92 Å². The van der Waals surface area contributed by atoms with Crippen molar-refractivity contribution >= 4 is 17.5 Å². The summed E-state index contributed by atoms with van der Waals surface area (Å²) in [5, 5.41) is 24.9. The highest BCUT2D eigenvalue weighted by atomic mass is 32.1. The lowest BCUT2D eigenvalue weighted by atomic mass is 9.88. The molecule has 108 valence electrons. The Balaban J connectivity index is 2.37. The van der Waals surface area contributed by atoms with Crippen LogP contribution in [0, 0.1) is 5.41 Å². The molecule has 2 heterocycles. The first-order valence-corrected chi connectivity index (χ1v) is 7.10. The molecule has 2 aromatic rings. The van der Waals surface area contributed by atoms with E-state index in [1.165, 1.54) is 16.2 Å². The molecule has 0 bridgehead atoms. The molecule has 20 heavy (non-hydrogen) atoms. The largest absolute Gasteiger partial charge is 0.481 e. The third kappa shape index (κ3) is 2.53. The van der Waals surface area contributed by atoms with Crippen molar-refractivity contribution in [2.45, 2.75) is 40.2 Å². The van der Waals surface area contributed by atoms with E-state index < -0.39 is 11.4 Å². The van der Waals surface area contributed by atoms with Crippen LogP contribution >= 0.6 is 11.5 Å². The Bertz CT molecular complexity index is 610. The van der Waals surface area contributed by atoms with Crippen molar-refractivity contribution in [3.05, 3.63) is 5.69 Å². The number of hydrogen-bond donors (Lipinski definition) is 1. The Labute approximate surface area is 120 Å². The number of hydrogen-bond acceptors (Lipinski definition) is 7. The summed E-state index contributed by atoms with van der Waals surface area (Å²) in [5.41, 5.74) is -0.0891. The summed E-state index contributed by atoms with van der Waals surface area (Å²) >= 11 is 1.22. The van der Waals surface area contributed by atoms with Crippen LogP contribution in [0.5, 0.6) is 0 Å². The van der Waals surface area contributed by atoms with Gasteiger partial charge in [0.2, 0.25) is 0 Å². The Morgan fingerprint density at radius 3 is 2.75 bits per heavy atom. The average molecular weight is 296 g/mol. The highest BCUT2D eigenvalue weighted by molar-refractivity contribution is 7.09. The zero-order chi connectivity index (χ0) is 14.8. The second-order valence-electron chi connectivity index (χ2n) is 4.78. The van der Waals surface area contributed by atoms with Crippen LogP contribution in [0.1, 0.15) is 32.9 Å². The third-order valence-electron chi connectivity index (χ3n) is 3.42. The molecule has 0 aliphatic heterocycles. The minimum Gasteiger partial charge on any atom is -0.481 e. The van der Waals surface area contributed by atoms with Crippen molar-refractivity contribution in [3.8, 4) is 10.7 Å². The molecule has 1 unspecified atom stereocenters. The molecule has 1 N–H and O–H groups in total. The molecule has 0 aliphatic carbocycles. The fraction of sp³-hybridized carbons (Fsp3) is 0.636. The van der Waals surface area contributed by atoms with Crippen LogP contribution in [0.3, 0.4) is 0 Å². The van der Waals surface area contributed by atoms with Crippen molar-refractivity contribution in [2.24, 2.45) is 5.41 Å². The fourth-order valence-corrected chi connectivity index (χ4v) is 2.48. The SMILES string of the molecule is CCc1nnsc1-c1nnnn1CC(C)(CC)C(=O)O. The Kier molecular flexibility index (Phi) is 4.07.